The van der Waals surface area contributed by atoms with Crippen LogP contribution in [0.25, 0.3) is 0 Å². The Labute approximate surface area is 182 Å². The smallest absolute Gasteiger partial charge is 0.317 e. The second-order valence-corrected chi connectivity index (χ2v) is 10.9. The highest BCUT2D eigenvalue weighted by atomic mass is 16.2. The van der Waals surface area contributed by atoms with Crippen LogP contribution in [0.3, 0.4) is 0 Å². The molecule has 1 heterocycles. The zero-order valence-corrected chi connectivity index (χ0v) is 18.9. The van der Waals surface area contributed by atoms with Gasteiger partial charge in [0.05, 0.1) is 6.04 Å². The molecular formula is C26H39N3O. The Bertz CT molecular complexity index is 767. The Balaban J connectivity index is 1.21. The highest BCUT2D eigenvalue weighted by Crippen LogP contribution is 2.50. The fourth-order valence-electron chi connectivity index (χ4n) is 7.23. The van der Waals surface area contributed by atoms with Crippen molar-refractivity contribution in [3.8, 4) is 0 Å². The van der Waals surface area contributed by atoms with Crippen molar-refractivity contribution in [2.24, 2.45) is 17.8 Å². The summed E-state index contributed by atoms with van der Waals surface area (Å²) < 4.78 is 0. The van der Waals surface area contributed by atoms with Gasteiger partial charge in [0.25, 0.3) is 0 Å². The fourth-order valence-corrected chi connectivity index (χ4v) is 7.23. The van der Waals surface area contributed by atoms with Crippen LogP contribution in [0.2, 0.25) is 0 Å². The standard InChI is InChI=1S/C26H39N3O/c1-28(2)25(30)27-24-9-11-26(23-6-4-3-5-22(23)24)12-15-29(16-13-26)14-10-21-18-19-7-8-20(21)17-19/h3-6,19-21,24H,7-18H2,1-2H3,(H,27,30). The normalized spacial score (nSPS) is 32.2. The molecule has 5 rings (SSSR count). The lowest BCUT2D eigenvalue weighted by molar-refractivity contribution is 0.127. The van der Waals surface area contributed by atoms with Gasteiger partial charge in [-0.15, -0.1) is 0 Å². The summed E-state index contributed by atoms with van der Waals surface area (Å²) in [5.74, 6) is 3.16. The Morgan fingerprint density at radius 2 is 1.90 bits per heavy atom. The van der Waals surface area contributed by atoms with Gasteiger partial charge in [0.1, 0.15) is 0 Å². The largest absolute Gasteiger partial charge is 0.331 e. The Morgan fingerprint density at radius 1 is 1.10 bits per heavy atom. The zero-order chi connectivity index (χ0) is 20.7. The maximum atomic E-state index is 12.3. The van der Waals surface area contributed by atoms with Gasteiger partial charge in [0.2, 0.25) is 0 Å². The van der Waals surface area contributed by atoms with E-state index in [1.54, 1.807) is 4.90 Å². The first-order chi connectivity index (χ1) is 14.5. The molecule has 1 aromatic rings. The number of carbonyl (C=O) groups excluding carboxylic acids is 1. The lowest BCUT2D eigenvalue weighted by Gasteiger charge is -2.47. The number of nitrogens with zero attached hydrogens (tertiary/aromatic N) is 2. The molecule has 2 bridgehead atoms. The van der Waals surface area contributed by atoms with E-state index in [2.05, 4.69) is 34.5 Å². The molecule has 4 nitrogen and oxygen atoms in total. The van der Waals surface area contributed by atoms with Crippen molar-refractivity contribution in [1.82, 2.24) is 15.1 Å². The summed E-state index contributed by atoms with van der Waals surface area (Å²) in [6, 6.07) is 9.08. The zero-order valence-electron chi connectivity index (χ0n) is 18.9. The average Bonchev–Trinajstić information content (AvgIpc) is 3.39. The molecule has 4 unspecified atom stereocenters. The highest BCUT2D eigenvalue weighted by Gasteiger charge is 2.43. The average molecular weight is 410 g/mol. The molecule has 4 heteroatoms. The minimum Gasteiger partial charge on any atom is -0.331 e. The minimum atomic E-state index is 0.0150. The summed E-state index contributed by atoms with van der Waals surface area (Å²) >= 11 is 0. The molecule has 0 aromatic heterocycles. The summed E-state index contributed by atoms with van der Waals surface area (Å²) in [6.07, 6.45) is 12.3. The van der Waals surface area contributed by atoms with E-state index in [4.69, 9.17) is 0 Å². The molecule has 2 amide bonds. The van der Waals surface area contributed by atoms with Crippen molar-refractivity contribution in [2.45, 2.75) is 69.2 Å². The van der Waals surface area contributed by atoms with Crippen molar-refractivity contribution in [3.63, 3.8) is 0 Å². The molecule has 164 valence electrons. The van der Waals surface area contributed by atoms with E-state index in [-0.39, 0.29) is 12.1 Å². The molecule has 1 aliphatic heterocycles. The van der Waals surface area contributed by atoms with Crippen LogP contribution in [0.15, 0.2) is 24.3 Å². The van der Waals surface area contributed by atoms with Crippen LogP contribution in [-0.2, 0) is 5.41 Å². The summed E-state index contributed by atoms with van der Waals surface area (Å²) in [7, 11) is 3.63. The first kappa shape index (κ1) is 20.4. The van der Waals surface area contributed by atoms with Gasteiger partial charge in [-0.25, -0.2) is 4.79 Å². The summed E-state index contributed by atoms with van der Waals surface area (Å²) in [6.45, 7) is 3.79. The van der Waals surface area contributed by atoms with Crippen molar-refractivity contribution in [1.29, 1.82) is 0 Å². The highest BCUT2D eigenvalue weighted by molar-refractivity contribution is 5.74. The number of fused-ring (bicyclic) bond motifs is 4. The van der Waals surface area contributed by atoms with Crippen LogP contribution in [-0.4, -0.2) is 49.6 Å². The summed E-state index contributed by atoms with van der Waals surface area (Å²) in [5.41, 5.74) is 3.18. The van der Waals surface area contributed by atoms with Crippen LogP contribution in [0.5, 0.6) is 0 Å². The monoisotopic (exact) mass is 409 g/mol. The maximum Gasteiger partial charge on any atom is 0.317 e. The molecule has 1 saturated heterocycles. The third-order valence-corrected chi connectivity index (χ3v) is 9.04. The van der Waals surface area contributed by atoms with E-state index >= 15 is 0 Å². The summed E-state index contributed by atoms with van der Waals surface area (Å²) in [4.78, 5) is 16.7. The van der Waals surface area contributed by atoms with Gasteiger partial charge in [-0.05, 0) is 105 Å². The quantitative estimate of drug-likeness (QED) is 0.763. The molecule has 2 saturated carbocycles. The molecule has 0 radical (unpaired) electrons. The van der Waals surface area contributed by atoms with Gasteiger partial charge in [-0.1, -0.05) is 30.7 Å². The Morgan fingerprint density at radius 3 is 2.60 bits per heavy atom. The van der Waals surface area contributed by atoms with Gasteiger partial charge < -0.3 is 15.1 Å². The molecule has 1 aromatic carbocycles. The number of hydrogen-bond donors (Lipinski definition) is 1. The van der Waals surface area contributed by atoms with E-state index in [1.165, 1.54) is 82.1 Å². The predicted octanol–water partition coefficient (Wildman–Crippen LogP) is 4.95. The molecule has 4 atom stereocenters. The number of nitrogens with one attached hydrogen (secondary N) is 1. The molecule has 3 aliphatic carbocycles. The second kappa shape index (κ2) is 8.18. The number of rotatable bonds is 4. The molecule has 3 fully saturated rings. The van der Waals surface area contributed by atoms with Crippen molar-refractivity contribution in [3.05, 3.63) is 35.4 Å². The number of amides is 2. The number of likely N-dealkylation sites (tertiary alicyclic amines) is 1. The second-order valence-electron chi connectivity index (χ2n) is 10.9. The topological polar surface area (TPSA) is 35.6 Å². The van der Waals surface area contributed by atoms with Gasteiger partial charge in [-0.2, -0.15) is 0 Å². The van der Waals surface area contributed by atoms with Crippen molar-refractivity contribution >= 4 is 6.03 Å². The van der Waals surface area contributed by atoms with Gasteiger partial charge >= 0.3 is 6.03 Å². The number of hydrogen-bond acceptors (Lipinski definition) is 2. The predicted molar refractivity (Wildman–Crippen MR) is 122 cm³/mol. The van der Waals surface area contributed by atoms with E-state index in [9.17, 15) is 4.79 Å². The van der Waals surface area contributed by atoms with E-state index in [0.717, 1.165) is 24.2 Å². The van der Waals surface area contributed by atoms with Gasteiger partial charge in [-0.3, -0.25) is 0 Å². The third kappa shape index (κ3) is 3.77. The number of carbonyl (C=O) groups is 1. The number of piperidine rings is 1. The minimum absolute atomic E-state index is 0.0150. The van der Waals surface area contributed by atoms with E-state index < -0.39 is 0 Å². The first-order valence-corrected chi connectivity index (χ1v) is 12.3. The number of benzene rings is 1. The molecular weight excluding hydrogens is 370 g/mol. The van der Waals surface area contributed by atoms with Gasteiger partial charge in [0, 0.05) is 14.1 Å². The molecule has 1 spiro atoms. The lowest BCUT2D eigenvalue weighted by atomic mass is 9.63. The third-order valence-electron chi connectivity index (χ3n) is 9.04. The van der Waals surface area contributed by atoms with Crippen molar-refractivity contribution in [2.75, 3.05) is 33.7 Å². The SMILES string of the molecule is CN(C)C(=O)NC1CCC2(CCN(CCC3CC4CCC3C4)CC2)c2ccccc21. The van der Waals surface area contributed by atoms with E-state index in [0.29, 0.717) is 5.41 Å². The fraction of sp³-hybridized carbons (Fsp3) is 0.731. The molecule has 1 N–H and O–H groups in total. The van der Waals surface area contributed by atoms with Gasteiger partial charge in [0.15, 0.2) is 0 Å². The van der Waals surface area contributed by atoms with Crippen LogP contribution < -0.4 is 5.32 Å². The maximum absolute atomic E-state index is 12.3. The molecule has 30 heavy (non-hydrogen) atoms. The van der Waals surface area contributed by atoms with Crippen LogP contribution >= 0.6 is 0 Å². The lowest BCUT2D eigenvalue weighted by Crippen LogP contribution is -2.47. The molecule has 4 aliphatic rings. The van der Waals surface area contributed by atoms with E-state index in [1.807, 2.05) is 14.1 Å². The summed E-state index contributed by atoms with van der Waals surface area (Å²) in [5, 5.41) is 3.25. The Hall–Kier alpha value is -1.55. The first-order valence-electron chi connectivity index (χ1n) is 12.3. The number of urea groups is 1. The van der Waals surface area contributed by atoms with Crippen LogP contribution in [0.1, 0.15) is 75.0 Å². The Kier molecular flexibility index (Phi) is 5.55. The van der Waals surface area contributed by atoms with Crippen LogP contribution in [0, 0.1) is 17.8 Å². The van der Waals surface area contributed by atoms with Crippen molar-refractivity contribution < 1.29 is 4.79 Å². The van der Waals surface area contributed by atoms with Crippen LogP contribution in [0.4, 0.5) is 4.79 Å².